The van der Waals surface area contributed by atoms with Gasteiger partial charge in [0.05, 0.1) is 11.3 Å². The predicted octanol–water partition coefficient (Wildman–Crippen LogP) is 1.68. The smallest absolute Gasteiger partial charge is 0.303 e. The summed E-state index contributed by atoms with van der Waals surface area (Å²) in [5, 5.41) is 13.8. The van der Waals surface area contributed by atoms with Crippen LogP contribution in [0.5, 0.6) is 0 Å². The molecule has 0 spiro atoms. The topological polar surface area (TPSA) is 97.5 Å². The van der Waals surface area contributed by atoms with Crippen LogP contribution >= 0.6 is 11.8 Å². The molecule has 1 saturated carbocycles. The first kappa shape index (κ1) is 14.4. The van der Waals surface area contributed by atoms with Crippen molar-refractivity contribution >= 4 is 27.8 Å². The van der Waals surface area contributed by atoms with E-state index in [0.29, 0.717) is 0 Å². The molecule has 0 aromatic heterocycles. The molecule has 2 rings (SSSR count). The van der Waals surface area contributed by atoms with Crippen LogP contribution in [0.25, 0.3) is 0 Å². The summed E-state index contributed by atoms with van der Waals surface area (Å²) in [6.07, 6.45) is 2.10. The lowest BCUT2D eigenvalue weighted by molar-refractivity contribution is -0.138. The number of carboxylic acids is 1. The second kappa shape index (κ2) is 5.15. The number of primary sulfonamides is 1. The van der Waals surface area contributed by atoms with E-state index >= 15 is 0 Å². The molecule has 0 unspecified atom stereocenters. The van der Waals surface area contributed by atoms with Crippen molar-refractivity contribution in [2.45, 2.75) is 29.1 Å². The molecule has 1 aliphatic carbocycles. The molecular weight excluding hydrogens is 286 g/mol. The van der Waals surface area contributed by atoms with Crippen LogP contribution < -0.4 is 5.14 Å². The number of benzene rings is 1. The Morgan fingerprint density at radius 3 is 2.32 bits per heavy atom. The van der Waals surface area contributed by atoms with Gasteiger partial charge in [-0.3, -0.25) is 4.79 Å². The number of aliphatic carboxylic acids is 1. The van der Waals surface area contributed by atoms with E-state index in [2.05, 4.69) is 0 Å². The highest BCUT2D eigenvalue weighted by Gasteiger charge is 2.44. The van der Waals surface area contributed by atoms with Gasteiger partial charge in [-0.05, 0) is 42.5 Å². The Bertz CT molecular complexity index is 576. The zero-order valence-electron chi connectivity index (χ0n) is 10.2. The maximum absolute atomic E-state index is 11.1. The normalized spacial score (nSPS) is 17.1. The van der Waals surface area contributed by atoms with Gasteiger partial charge >= 0.3 is 5.97 Å². The molecule has 0 amide bonds. The van der Waals surface area contributed by atoms with Crippen molar-refractivity contribution in [1.82, 2.24) is 0 Å². The molecule has 7 heteroatoms. The van der Waals surface area contributed by atoms with Crippen LogP contribution in [0.4, 0.5) is 0 Å². The molecule has 0 radical (unpaired) electrons. The zero-order valence-corrected chi connectivity index (χ0v) is 11.8. The van der Waals surface area contributed by atoms with Crippen LogP contribution in [0.3, 0.4) is 0 Å². The molecule has 0 atom stereocenters. The Labute approximate surface area is 116 Å². The van der Waals surface area contributed by atoms with Crippen LogP contribution in [0.1, 0.15) is 19.3 Å². The van der Waals surface area contributed by atoms with Gasteiger partial charge in [0.1, 0.15) is 0 Å². The average Bonchev–Trinajstić information content (AvgIpc) is 3.05. The summed E-state index contributed by atoms with van der Waals surface area (Å²) in [4.78, 5) is 11.7. The predicted molar refractivity (Wildman–Crippen MR) is 72.5 cm³/mol. The standard InChI is InChI=1S/C12H15NO4S2/c13-19(16,17)10-3-1-9(2-4-10)18-8-12(5-6-12)7-11(14)15/h1-4H,5-8H2,(H,14,15)(H2,13,16,17). The summed E-state index contributed by atoms with van der Waals surface area (Å²) in [6.45, 7) is 0. The number of thioether (sulfide) groups is 1. The second-order valence-electron chi connectivity index (χ2n) is 4.88. The minimum atomic E-state index is -3.65. The zero-order chi connectivity index (χ0) is 14.1. The third-order valence-electron chi connectivity index (χ3n) is 3.18. The lowest BCUT2D eigenvalue weighted by Crippen LogP contribution is -2.12. The van der Waals surface area contributed by atoms with Crippen molar-refractivity contribution < 1.29 is 18.3 Å². The molecule has 1 aliphatic rings. The largest absolute Gasteiger partial charge is 0.481 e. The van der Waals surface area contributed by atoms with Gasteiger partial charge in [0.15, 0.2) is 0 Å². The molecule has 104 valence electrons. The van der Waals surface area contributed by atoms with Gasteiger partial charge in [-0.2, -0.15) is 0 Å². The number of sulfonamides is 1. The monoisotopic (exact) mass is 301 g/mol. The van der Waals surface area contributed by atoms with Crippen molar-refractivity contribution in [3.63, 3.8) is 0 Å². The Kier molecular flexibility index (Phi) is 3.89. The van der Waals surface area contributed by atoms with E-state index in [1.54, 1.807) is 23.9 Å². The van der Waals surface area contributed by atoms with E-state index in [1.807, 2.05) is 0 Å². The Balaban J connectivity index is 1.96. The van der Waals surface area contributed by atoms with Gasteiger partial charge in [0, 0.05) is 10.6 Å². The van der Waals surface area contributed by atoms with E-state index in [0.717, 1.165) is 23.5 Å². The highest BCUT2D eigenvalue weighted by atomic mass is 32.2. The molecule has 0 heterocycles. The molecule has 1 aromatic carbocycles. The van der Waals surface area contributed by atoms with Crippen molar-refractivity contribution in [1.29, 1.82) is 0 Å². The van der Waals surface area contributed by atoms with Gasteiger partial charge < -0.3 is 5.11 Å². The Morgan fingerprint density at radius 1 is 1.32 bits per heavy atom. The summed E-state index contributed by atoms with van der Waals surface area (Å²) in [5.74, 6) is -0.0173. The fraction of sp³-hybridized carbons (Fsp3) is 0.417. The molecule has 0 aliphatic heterocycles. The maximum atomic E-state index is 11.1. The van der Waals surface area contributed by atoms with Gasteiger partial charge in [0.2, 0.25) is 10.0 Å². The van der Waals surface area contributed by atoms with Gasteiger partial charge in [-0.1, -0.05) is 0 Å². The van der Waals surface area contributed by atoms with Crippen LogP contribution in [0.15, 0.2) is 34.1 Å². The SMILES string of the molecule is NS(=O)(=O)c1ccc(SCC2(CC(=O)O)CC2)cc1. The van der Waals surface area contributed by atoms with E-state index in [1.165, 1.54) is 12.1 Å². The number of nitrogens with two attached hydrogens (primary N) is 1. The van der Waals surface area contributed by atoms with Crippen molar-refractivity contribution in [2.75, 3.05) is 5.75 Å². The number of hydrogen-bond donors (Lipinski definition) is 2. The Hall–Kier alpha value is -1.05. The van der Waals surface area contributed by atoms with Crippen molar-refractivity contribution in [3.05, 3.63) is 24.3 Å². The summed E-state index contributed by atoms with van der Waals surface area (Å²) in [6, 6.07) is 6.32. The molecule has 1 aromatic rings. The maximum Gasteiger partial charge on any atom is 0.303 e. The second-order valence-corrected chi connectivity index (χ2v) is 7.49. The van der Waals surface area contributed by atoms with Crippen molar-refractivity contribution in [3.8, 4) is 0 Å². The van der Waals surface area contributed by atoms with E-state index in [-0.39, 0.29) is 16.7 Å². The van der Waals surface area contributed by atoms with E-state index in [4.69, 9.17) is 10.2 Å². The van der Waals surface area contributed by atoms with Crippen LogP contribution in [-0.4, -0.2) is 25.2 Å². The first-order valence-electron chi connectivity index (χ1n) is 5.78. The molecule has 0 bridgehead atoms. The summed E-state index contributed by atoms with van der Waals surface area (Å²) < 4.78 is 22.2. The molecule has 19 heavy (non-hydrogen) atoms. The van der Waals surface area contributed by atoms with Crippen LogP contribution in [0.2, 0.25) is 0 Å². The van der Waals surface area contributed by atoms with E-state index in [9.17, 15) is 13.2 Å². The molecule has 1 fully saturated rings. The average molecular weight is 301 g/mol. The van der Waals surface area contributed by atoms with Gasteiger partial charge in [0.25, 0.3) is 0 Å². The highest BCUT2D eigenvalue weighted by molar-refractivity contribution is 7.99. The van der Waals surface area contributed by atoms with Gasteiger partial charge in [-0.25, -0.2) is 13.6 Å². The van der Waals surface area contributed by atoms with E-state index < -0.39 is 16.0 Å². The minimum absolute atomic E-state index is 0.0743. The lowest BCUT2D eigenvalue weighted by atomic mass is 10.1. The molecular formula is C12H15NO4S2. The number of hydrogen-bond acceptors (Lipinski definition) is 4. The Morgan fingerprint density at radius 2 is 1.89 bits per heavy atom. The van der Waals surface area contributed by atoms with Crippen molar-refractivity contribution in [2.24, 2.45) is 10.6 Å². The number of rotatable bonds is 6. The van der Waals surface area contributed by atoms with Gasteiger partial charge in [-0.15, -0.1) is 11.8 Å². The fourth-order valence-corrected chi connectivity index (χ4v) is 3.54. The first-order valence-corrected chi connectivity index (χ1v) is 8.31. The third-order valence-corrected chi connectivity index (χ3v) is 5.47. The molecule has 0 saturated heterocycles. The highest BCUT2D eigenvalue weighted by Crippen LogP contribution is 2.51. The first-order chi connectivity index (χ1) is 8.81. The fourth-order valence-electron chi connectivity index (χ4n) is 1.83. The van der Waals surface area contributed by atoms with Crippen LogP contribution in [-0.2, 0) is 14.8 Å². The summed E-state index contributed by atoms with van der Waals surface area (Å²) in [7, 11) is -3.65. The third kappa shape index (κ3) is 3.95. The minimum Gasteiger partial charge on any atom is -0.481 e. The molecule has 5 nitrogen and oxygen atoms in total. The van der Waals surface area contributed by atoms with Crippen LogP contribution in [0, 0.1) is 5.41 Å². The molecule has 3 N–H and O–H groups in total. The summed E-state index contributed by atoms with van der Waals surface area (Å²) >= 11 is 1.55. The number of carbonyl (C=O) groups is 1. The number of carboxylic acid groups (broad SMARTS) is 1. The quantitative estimate of drug-likeness (QED) is 0.779. The summed E-state index contributed by atoms with van der Waals surface area (Å²) in [5.41, 5.74) is -0.0743. The lowest BCUT2D eigenvalue weighted by Gasteiger charge is -2.11.